The van der Waals surface area contributed by atoms with Gasteiger partial charge in [-0.2, -0.15) is 0 Å². The van der Waals surface area contributed by atoms with Crippen LogP contribution in [-0.2, 0) is 13.1 Å². The zero-order valence-electron chi connectivity index (χ0n) is 16.2. The number of methoxy groups -OCH3 is 2. The number of rotatable bonds is 8. The molecule has 8 heteroatoms. The minimum Gasteiger partial charge on any atom is -0.497 e. The number of hydrogen-bond acceptors (Lipinski definition) is 6. The second kappa shape index (κ2) is 9.65. The Balaban J connectivity index is 1.89. The van der Waals surface area contributed by atoms with Crippen molar-refractivity contribution in [3.8, 4) is 11.5 Å². The number of halogens is 1. The molecular formula is C21H22BClN2O4. The molecule has 0 fully saturated rings. The van der Waals surface area contributed by atoms with Gasteiger partial charge < -0.3 is 24.4 Å². The Hall–Kier alpha value is -2.74. The lowest BCUT2D eigenvalue weighted by atomic mass is 9.81. The summed E-state index contributed by atoms with van der Waals surface area (Å²) in [5, 5.41) is 19.0. The molecule has 0 saturated carbocycles. The molecule has 0 spiro atoms. The van der Waals surface area contributed by atoms with Gasteiger partial charge in [0.15, 0.2) is 0 Å². The first-order valence-corrected chi connectivity index (χ1v) is 9.40. The van der Waals surface area contributed by atoms with E-state index in [0.29, 0.717) is 18.9 Å². The largest absolute Gasteiger partial charge is 0.497 e. The fourth-order valence-electron chi connectivity index (χ4n) is 2.91. The molecule has 0 radical (unpaired) electrons. The normalized spacial score (nSPS) is 10.5. The highest BCUT2D eigenvalue weighted by atomic mass is 35.5. The van der Waals surface area contributed by atoms with Crippen molar-refractivity contribution in [2.24, 2.45) is 0 Å². The van der Waals surface area contributed by atoms with Crippen LogP contribution in [0.2, 0.25) is 5.02 Å². The van der Waals surface area contributed by atoms with Crippen molar-refractivity contribution in [1.29, 1.82) is 0 Å². The van der Waals surface area contributed by atoms with E-state index in [1.807, 2.05) is 48.5 Å². The van der Waals surface area contributed by atoms with Crippen LogP contribution < -0.4 is 19.8 Å². The van der Waals surface area contributed by atoms with Crippen LogP contribution in [0.5, 0.6) is 11.5 Å². The highest BCUT2D eigenvalue weighted by molar-refractivity contribution is 6.62. The van der Waals surface area contributed by atoms with Crippen molar-refractivity contribution in [2.45, 2.75) is 13.1 Å². The number of hydrogen-bond donors (Lipinski definition) is 2. The van der Waals surface area contributed by atoms with E-state index in [2.05, 4.69) is 9.88 Å². The Morgan fingerprint density at radius 3 is 1.76 bits per heavy atom. The summed E-state index contributed by atoms with van der Waals surface area (Å²) in [5.41, 5.74) is 2.32. The second-order valence-corrected chi connectivity index (χ2v) is 6.90. The van der Waals surface area contributed by atoms with E-state index in [-0.39, 0.29) is 10.5 Å². The molecule has 150 valence electrons. The fourth-order valence-corrected chi connectivity index (χ4v) is 3.16. The first-order chi connectivity index (χ1) is 14.0. The smallest absolute Gasteiger partial charge is 0.491 e. The van der Waals surface area contributed by atoms with Gasteiger partial charge in [-0.3, -0.25) is 0 Å². The van der Waals surface area contributed by atoms with Crippen LogP contribution in [0, 0.1) is 0 Å². The molecule has 0 saturated heterocycles. The van der Waals surface area contributed by atoms with Gasteiger partial charge in [0.2, 0.25) is 0 Å². The lowest BCUT2D eigenvalue weighted by Gasteiger charge is -2.25. The summed E-state index contributed by atoms with van der Waals surface area (Å²) < 4.78 is 10.4. The van der Waals surface area contributed by atoms with E-state index in [9.17, 15) is 10.0 Å². The highest BCUT2D eigenvalue weighted by Crippen LogP contribution is 2.23. The Kier molecular flexibility index (Phi) is 6.98. The van der Waals surface area contributed by atoms with Gasteiger partial charge in [0, 0.05) is 29.8 Å². The first-order valence-electron chi connectivity index (χ1n) is 9.02. The van der Waals surface area contributed by atoms with Crippen LogP contribution in [0.3, 0.4) is 0 Å². The molecule has 3 rings (SSSR count). The molecule has 0 aliphatic carbocycles. The van der Waals surface area contributed by atoms with Gasteiger partial charge in [-0.15, -0.1) is 0 Å². The topological polar surface area (TPSA) is 75.1 Å². The van der Waals surface area contributed by atoms with Crippen LogP contribution in [-0.4, -0.2) is 36.4 Å². The number of anilines is 1. The standard InChI is InChI=1S/C21H22BClN2O4/c1-28-17-7-3-15(4-8-17)13-25(14-16-5-9-18(29-2)10-6-16)21-11-20(23)19(12-24-21)22(26)27/h3-12,26-27H,13-14H2,1-2H3. The maximum Gasteiger partial charge on any atom is 0.491 e. The lowest BCUT2D eigenvalue weighted by molar-refractivity contribution is 0.414. The fraction of sp³-hybridized carbons (Fsp3) is 0.190. The van der Waals surface area contributed by atoms with E-state index in [1.165, 1.54) is 6.20 Å². The van der Waals surface area contributed by atoms with Crippen molar-refractivity contribution >= 4 is 30.0 Å². The average Bonchev–Trinajstić information content (AvgIpc) is 2.74. The third-order valence-corrected chi connectivity index (χ3v) is 4.86. The van der Waals surface area contributed by atoms with Crippen LogP contribution >= 0.6 is 11.6 Å². The minimum absolute atomic E-state index is 0.171. The van der Waals surface area contributed by atoms with Crippen molar-refractivity contribution < 1.29 is 19.5 Å². The van der Waals surface area contributed by atoms with Gasteiger partial charge in [-0.05, 0) is 41.5 Å². The third kappa shape index (κ3) is 5.41. The zero-order valence-corrected chi connectivity index (χ0v) is 17.0. The quantitative estimate of drug-likeness (QED) is 0.554. The van der Waals surface area contributed by atoms with Crippen LogP contribution in [0.25, 0.3) is 0 Å². The van der Waals surface area contributed by atoms with Crippen LogP contribution in [0.15, 0.2) is 60.8 Å². The zero-order chi connectivity index (χ0) is 20.8. The number of nitrogens with zero attached hydrogens (tertiary/aromatic N) is 2. The summed E-state index contributed by atoms with van der Waals surface area (Å²) >= 11 is 6.23. The molecule has 0 atom stereocenters. The maximum atomic E-state index is 9.40. The van der Waals surface area contributed by atoms with Gasteiger partial charge in [-0.1, -0.05) is 35.9 Å². The monoisotopic (exact) mass is 412 g/mol. The third-order valence-electron chi connectivity index (χ3n) is 4.53. The first kappa shape index (κ1) is 21.0. The Labute approximate surface area is 175 Å². The SMILES string of the molecule is COc1ccc(CN(Cc2ccc(OC)cc2)c2cc(Cl)c(B(O)O)cn2)cc1. The van der Waals surface area contributed by atoms with Crippen LogP contribution in [0.1, 0.15) is 11.1 Å². The molecule has 29 heavy (non-hydrogen) atoms. The molecular weight excluding hydrogens is 391 g/mol. The summed E-state index contributed by atoms with van der Waals surface area (Å²) in [7, 11) is 1.60. The summed E-state index contributed by atoms with van der Waals surface area (Å²) in [5.74, 6) is 2.21. The average molecular weight is 413 g/mol. The number of aromatic nitrogens is 1. The van der Waals surface area contributed by atoms with E-state index in [4.69, 9.17) is 21.1 Å². The van der Waals surface area contributed by atoms with Crippen LogP contribution in [0.4, 0.5) is 5.82 Å². The lowest BCUT2D eigenvalue weighted by Crippen LogP contribution is -2.32. The van der Waals surface area contributed by atoms with Crippen molar-refractivity contribution in [3.05, 3.63) is 76.9 Å². The van der Waals surface area contributed by atoms with Gasteiger partial charge in [-0.25, -0.2) is 4.98 Å². The molecule has 2 N–H and O–H groups in total. The van der Waals surface area contributed by atoms with E-state index in [1.54, 1.807) is 20.3 Å². The maximum absolute atomic E-state index is 9.40. The Bertz CT molecular complexity index is 887. The molecule has 1 aromatic heterocycles. The van der Waals surface area contributed by atoms with Crippen molar-refractivity contribution in [2.75, 3.05) is 19.1 Å². The number of pyridine rings is 1. The highest BCUT2D eigenvalue weighted by Gasteiger charge is 2.18. The van der Waals surface area contributed by atoms with Gasteiger partial charge >= 0.3 is 7.12 Å². The van der Waals surface area contributed by atoms with E-state index >= 15 is 0 Å². The molecule has 0 unspecified atom stereocenters. The molecule has 0 aliphatic rings. The van der Waals surface area contributed by atoms with Crippen molar-refractivity contribution in [3.63, 3.8) is 0 Å². The molecule has 0 aliphatic heterocycles. The Morgan fingerprint density at radius 2 is 1.38 bits per heavy atom. The summed E-state index contributed by atoms with van der Waals surface area (Å²) in [6, 6.07) is 17.3. The molecule has 2 aromatic carbocycles. The number of benzene rings is 2. The predicted octanol–water partition coefficient (Wildman–Crippen LogP) is 2.64. The molecule has 0 amide bonds. The van der Waals surface area contributed by atoms with Crippen molar-refractivity contribution in [1.82, 2.24) is 4.98 Å². The second-order valence-electron chi connectivity index (χ2n) is 6.49. The van der Waals surface area contributed by atoms with Gasteiger partial charge in [0.05, 0.1) is 14.2 Å². The van der Waals surface area contributed by atoms with Gasteiger partial charge in [0.1, 0.15) is 17.3 Å². The summed E-state index contributed by atoms with van der Waals surface area (Å²) in [6.07, 6.45) is 1.39. The summed E-state index contributed by atoms with van der Waals surface area (Å²) in [4.78, 5) is 6.45. The summed E-state index contributed by atoms with van der Waals surface area (Å²) in [6.45, 7) is 1.17. The molecule has 0 bridgehead atoms. The molecule has 1 heterocycles. The number of ether oxygens (including phenoxy) is 2. The predicted molar refractivity (Wildman–Crippen MR) is 115 cm³/mol. The molecule has 3 aromatic rings. The minimum atomic E-state index is -1.67. The van der Waals surface area contributed by atoms with E-state index < -0.39 is 7.12 Å². The molecule has 6 nitrogen and oxygen atoms in total. The Morgan fingerprint density at radius 1 is 0.897 bits per heavy atom. The van der Waals surface area contributed by atoms with E-state index in [0.717, 1.165) is 22.6 Å². The van der Waals surface area contributed by atoms with Gasteiger partial charge in [0.25, 0.3) is 0 Å².